The normalized spacial score (nSPS) is 16.0. The van der Waals surface area contributed by atoms with Crippen LogP contribution < -0.4 is 5.56 Å². The fourth-order valence-corrected chi connectivity index (χ4v) is 5.99. The molecule has 10 heteroatoms. The van der Waals surface area contributed by atoms with E-state index in [9.17, 15) is 9.59 Å². The number of nitrogens with one attached hydrogen (secondary N) is 1. The van der Waals surface area contributed by atoms with Crippen LogP contribution in [0.15, 0.2) is 40.9 Å². The molecule has 0 spiro atoms. The summed E-state index contributed by atoms with van der Waals surface area (Å²) in [6.07, 6.45) is 9.40. The molecule has 9 nitrogen and oxygen atoms in total. The predicted molar refractivity (Wildman–Crippen MR) is 132 cm³/mol. The minimum absolute atomic E-state index is 0.0349. The maximum absolute atomic E-state index is 13.3. The molecular formula is C25H25N7O2S. The summed E-state index contributed by atoms with van der Waals surface area (Å²) in [5.74, 6) is 0.691. The predicted octanol–water partition coefficient (Wildman–Crippen LogP) is 3.29. The van der Waals surface area contributed by atoms with Crippen molar-refractivity contribution >= 4 is 17.2 Å². The highest BCUT2D eigenvalue weighted by molar-refractivity contribution is 7.10. The monoisotopic (exact) mass is 487 g/mol. The van der Waals surface area contributed by atoms with Gasteiger partial charge in [0.25, 0.3) is 11.5 Å². The molecule has 1 N–H and O–H groups in total. The lowest BCUT2D eigenvalue weighted by Gasteiger charge is -2.31. The van der Waals surface area contributed by atoms with E-state index >= 15 is 0 Å². The molecule has 5 heterocycles. The topological polar surface area (TPSA) is 110 Å². The summed E-state index contributed by atoms with van der Waals surface area (Å²) in [6.45, 7) is 3.19. The number of carbonyl (C=O) groups excluding carboxylic acids is 1. The summed E-state index contributed by atoms with van der Waals surface area (Å²) in [4.78, 5) is 44.0. The lowest BCUT2D eigenvalue weighted by Crippen LogP contribution is -2.38. The van der Waals surface area contributed by atoms with Crippen molar-refractivity contribution in [2.45, 2.75) is 44.9 Å². The van der Waals surface area contributed by atoms with Gasteiger partial charge < -0.3 is 4.90 Å². The van der Waals surface area contributed by atoms with Crippen LogP contribution in [0.25, 0.3) is 17.2 Å². The fourth-order valence-electron chi connectivity index (χ4n) is 4.99. The first-order valence-corrected chi connectivity index (χ1v) is 12.8. The van der Waals surface area contributed by atoms with Crippen molar-refractivity contribution in [1.82, 2.24) is 34.6 Å². The van der Waals surface area contributed by atoms with E-state index in [1.807, 2.05) is 24.0 Å². The maximum atomic E-state index is 13.3. The van der Waals surface area contributed by atoms with Crippen LogP contribution in [0, 0.1) is 6.92 Å². The van der Waals surface area contributed by atoms with Crippen LogP contribution in [0.4, 0.5) is 0 Å². The Hall–Kier alpha value is -3.66. The lowest BCUT2D eigenvalue weighted by molar-refractivity contribution is 0.0712. The molecule has 1 aliphatic heterocycles. The summed E-state index contributed by atoms with van der Waals surface area (Å²) < 4.78 is 1.57. The van der Waals surface area contributed by atoms with E-state index < -0.39 is 0 Å². The Morgan fingerprint density at radius 1 is 1.14 bits per heavy atom. The molecule has 0 atom stereocenters. The van der Waals surface area contributed by atoms with Crippen LogP contribution in [0.5, 0.6) is 0 Å². The van der Waals surface area contributed by atoms with Crippen molar-refractivity contribution in [2.75, 3.05) is 13.1 Å². The lowest BCUT2D eigenvalue weighted by atomic mass is 9.97. The highest BCUT2D eigenvalue weighted by Gasteiger charge is 2.29. The summed E-state index contributed by atoms with van der Waals surface area (Å²) in [7, 11) is 0. The van der Waals surface area contributed by atoms with E-state index in [-0.39, 0.29) is 11.5 Å². The molecule has 0 aromatic carbocycles. The van der Waals surface area contributed by atoms with Crippen LogP contribution in [0.3, 0.4) is 0 Å². The summed E-state index contributed by atoms with van der Waals surface area (Å²) in [5.41, 5.74) is 4.77. The van der Waals surface area contributed by atoms with Crippen molar-refractivity contribution in [3.8, 4) is 17.2 Å². The standard InChI is InChI=1S/C25H25N7O2S/c1-15-19(13-27-32(15)25-29-20-4-2-3-18(20)22(33)30-25)24(34)31-11-7-17(8-12-31)23-28-21(14-35-23)16-5-9-26-10-6-16/h5-6,9-10,13-14,17H,2-4,7-8,11-12H2,1H3,(H,29,30,33). The van der Waals surface area contributed by atoms with Gasteiger partial charge in [0.1, 0.15) is 0 Å². The minimum atomic E-state index is -0.110. The Morgan fingerprint density at radius 2 is 1.94 bits per heavy atom. The second-order valence-corrected chi connectivity index (χ2v) is 9.99. The molecule has 0 unspecified atom stereocenters. The molecule has 1 fully saturated rings. The van der Waals surface area contributed by atoms with Crippen LogP contribution >= 0.6 is 11.3 Å². The second-order valence-electron chi connectivity index (χ2n) is 9.10. The van der Waals surface area contributed by atoms with Gasteiger partial charge in [-0.2, -0.15) is 5.10 Å². The number of piperidine rings is 1. The van der Waals surface area contributed by atoms with E-state index in [1.165, 1.54) is 0 Å². The number of H-pyrrole nitrogens is 1. The number of carbonyl (C=O) groups is 1. The number of thiazole rings is 1. The first-order valence-electron chi connectivity index (χ1n) is 11.9. The van der Waals surface area contributed by atoms with Gasteiger partial charge in [-0.15, -0.1) is 11.3 Å². The fraction of sp³-hybridized carbons (Fsp3) is 0.360. The molecule has 2 aliphatic rings. The van der Waals surface area contributed by atoms with Gasteiger partial charge >= 0.3 is 0 Å². The molecule has 1 aliphatic carbocycles. The Kier molecular flexibility index (Phi) is 5.52. The Labute approximate surface area is 205 Å². The first kappa shape index (κ1) is 21.8. The van der Waals surface area contributed by atoms with Crippen molar-refractivity contribution in [2.24, 2.45) is 0 Å². The van der Waals surface area contributed by atoms with Crippen LogP contribution in [0.2, 0.25) is 0 Å². The molecule has 6 rings (SSSR count). The van der Waals surface area contributed by atoms with Gasteiger partial charge in [0, 0.05) is 47.9 Å². The van der Waals surface area contributed by atoms with Crippen LogP contribution in [0.1, 0.15) is 57.5 Å². The van der Waals surface area contributed by atoms with Crippen molar-refractivity contribution in [1.29, 1.82) is 0 Å². The summed E-state index contributed by atoms with van der Waals surface area (Å²) >= 11 is 1.69. The number of pyridine rings is 1. The van der Waals surface area contributed by atoms with Crippen molar-refractivity contribution in [3.63, 3.8) is 0 Å². The van der Waals surface area contributed by atoms with E-state index in [2.05, 4.69) is 25.4 Å². The number of nitrogens with zero attached hydrogens (tertiary/aromatic N) is 6. The average molecular weight is 488 g/mol. The number of likely N-dealkylation sites (tertiary alicyclic amines) is 1. The number of hydrogen-bond donors (Lipinski definition) is 1. The first-order chi connectivity index (χ1) is 17.1. The molecule has 4 aromatic heterocycles. The Balaban J connectivity index is 1.15. The zero-order chi connectivity index (χ0) is 23.9. The molecule has 1 saturated heterocycles. The third kappa shape index (κ3) is 3.97. The Bertz CT molecular complexity index is 1450. The van der Waals surface area contributed by atoms with E-state index in [1.54, 1.807) is 34.6 Å². The zero-order valence-corrected chi connectivity index (χ0v) is 20.2. The second kappa shape index (κ2) is 8.84. The molecule has 35 heavy (non-hydrogen) atoms. The van der Waals surface area contributed by atoms with Gasteiger partial charge in [-0.05, 0) is 51.2 Å². The number of fused-ring (bicyclic) bond motifs is 1. The number of aromatic amines is 1. The van der Waals surface area contributed by atoms with Crippen LogP contribution in [-0.2, 0) is 12.8 Å². The zero-order valence-electron chi connectivity index (χ0n) is 19.4. The molecule has 0 radical (unpaired) electrons. The van der Waals surface area contributed by atoms with Crippen LogP contribution in [-0.4, -0.2) is 53.6 Å². The van der Waals surface area contributed by atoms with Gasteiger partial charge in [-0.3, -0.25) is 19.6 Å². The van der Waals surface area contributed by atoms with Gasteiger partial charge in [-0.1, -0.05) is 0 Å². The molecule has 0 saturated carbocycles. The number of hydrogen-bond acceptors (Lipinski definition) is 7. The summed E-state index contributed by atoms with van der Waals surface area (Å²) in [6, 6.07) is 3.94. The van der Waals surface area contributed by atoms with Crippen molar-refractivity contribution in [3.05, 3.63) is 74.0 Å². The van der Waals surface area contributed by atoms with Crippen molar-refractivity contribution < 1.29 is 4.79 Å². The number of aryl methyl sites for hydroxylation is 1. The van der Waals surface area contributed by atoms with E-state index in [0.717, 1.165) is 59.6 Å². The van der Waals surface area contributed by atoms with Gasteiger partial charge in [0.15, 0.2) is 0 Å². The summed E-state index contributed by atoms with van der Waals surface area (Å²) in [5, 5.41) is 7.61. The number of aromatic nitrogens is 6. The van der Waals surface area contributed by atoms with E-state index in [4.69, 9.17) is 4.98 Å². The Morgan fingerprint density at radius 3 is 2.74 bits per heavy atom. The smallest absolute Gasteiger partial charge is 0.257 e. The largest absolute Gasteiger partial charge is 0.338 e. The minimum Gasteiger partial charge on any atom is -0.338 e. The molecule has 4 aromatic rings. The number of rotatable bonds is 4. The number of amides is 1. The van der Waals surface area contributed by atoms with Gasteiger partial charge in [0.05, 0.1) is 33.8 Å². The molecule has 1 amide bonds. The van der Waals surface area contributed by atoms with Gasteiger partial charge in [0.2, 0.25) is 5.95 Å². The quantitative estimate of drug-likeness (QED) is 0.473. The molecular weight excluding hydrogens is 462 g/mol. The molecule has 178 valence electrons. The van der Waals surface area contributed by atoms with Gasteiger partial charge in [-0.25, -0.2) is 14.6 Å². The third-order valence-corrected chi connectivity index (χ3v) is 8.01. The average Bonchev–Trinajstić information content (AvgIpc) is 3.64. The highest BCUT2D eigenvalue weighted by atomic mass is 32.1. The third-order valence-electron chi connectivity index (χ3n) is 7.00. The van der Waals surface area contributed by atoms with E-state index in [0.29, 0.717) is 36.2 Å². The SMILES string of the molecule is Cc1c(C(=O)N2CCC(c3nc(-c4ccncc4)cs3)CC2)cnn1-c1nc2c(c(=O)[nH]1)CCC2. The maximum Gasteiger partial charge on any atom is 0.257 e. The highest BCUT2D eigenvalue weighted by Crippen LogP contribution is 2.33. The molecule has 0 bridgehead atoms.